The molecule has 1 saturated heterocycles. The number of likely N-dealkylation sites (tertiary alicyclic amines) is 1. The Labute approximate surface area is 150 Å². The van der Waals surface area contributed by atoms with E-state index in [1.165, 1.54) is 4.90 Å². The highest BCUT2D eigenvalue weighted by atomic mass is 19.4. The van der Waals surface area contributed by atoms with E-state index in [9.17, 15) is 35.9 Å². The second kappa shape index (κ2) is 8.01. The number of hydrogen-bond acceptors (Lipinski definition) is 3. The summed E-state index contributed by atoms with van der Waals surface area (Å²) in [6.07, 6.45) is -7.19. The van der Waals surface area contributed by atoms with Crippen LogP contribution < -0.4 is 5.32 Å². The van der Waals surface area contributed by atoms with Crippen molar-refractivity contribution in [3.05, 3.63) is 42.1 Å². The number of anilines is 1. The lowest BCUT2D eigenvalue weighted by Gasteiger charge is -2.30. The zero-order valence-electron chi connectivity index (χ0n) is 13.9. The fourth-order valence-electron chi connectivity index (χ4n) is 2.57. The lowest BCUT2D eigenvalue weighted by atomic mass is 9.96. The normalized spacial score (nSPS) is 16.6. The van der Waals surface area contributed by atoms with Crippen molar-refractivity contribution in [3.63, 3.8) is 0 Å². The summed E-state index contributed by atoms with van der Waals surface area (Å²) in [7, 11) is 0. The highest BCUT2D eigenvalue weighted by molar-refractivity contribution is 5.94. The molecule has 1 heterocycles. The lowest BCUT2D eigenvalue weighted by Crippen LogP contribution is -2.35. The topological polar surface area (TPSA) is 49.4 Å². The van der Waals surface area contributed by atoms with E-state index in [-0.39, 0.29) is 24.7 Å². The number of alkyl halides is 6. The molecule has 0 unspecified atom stereocenters. The van der Waals surface area contributed by atoms with Gasteiger partial charge in [0.1, 0.15) is 0 Å². The molecule has 1 aliphatic rings. The molecule has 0 aliphatic carbocycles. The number of amides is 1. The Bertz CT molecular complexity index is 702. The molecule has 0 saturated carbocycles. The smallest absolute Gasteiger partial charge is 0.377 e. The van der Waals surface area contributed by atoms with Crippen LogP contribution in [0.15, 0.2) is 36.5 Å². The molecule has 27 heavy (non-hydrogen) atoms. The molecule has 1 aromatic carbocycles. The maximum absolute atomic E-state index is 12.5. The van der Waals surface area contributed by atoms with Crippen molar-refractivity contribution < 1.29 is 35.9 Å². The van der Waals surface area contributed by atoms with E-state index in [1.807, 2.05) is 0 Å². The second-order valence-corrected chi connectivity index (χ2v) is 6.05. The average Bonchev–Trinajstić information content (AvgIpc) is 2.59. The molecule has 0 spiro atoms. The molecule has 1 aromatic rings. The molecule has 4 nitrogen and oxygen atoms in total. The summed E-state index contributed by atoms with van der Waals surface area (Å²) in [6, 6.07) is 4.03. The van der Waals surface area contributed by atoms with Crippen LogP contribution in [-0.2, 0) is 15.8 Å². The molecule has 148 valence electrons. The monoisotopic (exact) mass is 394 g/mol. The minimum absolute atomic E-state index is 0.228. The SMILES string of the molecule is O=C(Nc1ccc(C(F)(F)F)cc1)C1CCN(C=CC(=O)C(F)(F)F)CC1. The van der Waals surface area contributed by atoms with Gasteiger partial charge in [0.25, 0.3) is 5.78 Å². The third-order valence-electron chi connectivity index (χ3n) is 4.10. The van der Waals surface area contributed by atoms with Crippen LogP contribution in [0.4, 0.5) is 32.0 Å². The number of carbonyl (C=O) groups is 2. The van der Waals surface area contributed by atoms with Gasteiger partial charge in [-0.1, -0.05) is 0 Å². The third kappa shape index (κ3) is 6.00. The summed E-state index contributed by atoms with van der Waals surface area (Å²) in [4.78, 5) is 24.5. The molecular formula is C17H16F6N2O2. The summed E-state index contributed by atoms with van der Waals surface area (Å²) >= 11 is 0. The van der Waals surface area contributed by atoms with Gasteiger partial charge in [-0.05, 0) is 37.1 Å². The largest absolute Gasteiger partial charge is 0.454 e. The number of ketones is 1. The third-order valence-corrected chi connectivity index (χ3v) is 4.10. The highest BCUT2D eigenvalue weighted by Crippen LogP contribution is 2.30. The van der Waals surface area contributed by atoms with E-state index in [0.29, 0.717) is 18.9 Å². The minimum Gasteiger partial charge on any atom is -0.377 e. The maximum Gasteiger partial charge on any atom is 0.454 e. The van der Waals surface area contributed by atoms with E-state index in [0.717, 1.165) is 30.5 Å². The van der Waals surface area contributed by atoms with Gasteiger partial charge >= 0.3 is 12.4 Å². The van der Waals surface area contributed by atoms with Gasteiger partial charge in [-0.2, -0.15) is 26.3 Å². The van der Waals surface area contributed by atoms with Crippen LogP contribution in [0, 0.1) is 5.92 Å². The summed E-state index contributed by atoms with van der Waals surface area (Å²) in [5, 5.41) is 2.53. The number of halogens is 6. The predicted molar refractivity (Wildman–Crippen MR) is 84.6 cm³/mol. The summed E-state index contributed by atoms with van der Waals surface area (Å²) in [5.74, 6) is -2.75. The van der Waals surface area contributed by atoms with E-state index in [4.69, 9.17) is 0 Å². The van der Waals surface area contributed by atoms with Gasteiger partial charge < -0.3 is 10.2 Å². The van der Waals surface area contributed by atoms with Crippen molar-refractivity contribution in [1.29, 1.82) is 0 Å². The van der Waals surface area contributed by atoms with Gasteiger partial charge in [-0.3, -0.25) is 9.59 Å². The molecule has 2 rings (SSSR count). The van der Waals surface area contributed by atoms with Crippen molar-refractivity contribution >= 4 is 17.4 Å². The van der Waals surface area contributed by atoms with Crippen LogP contribution in [0.3, 0.4) is 0 Å². The Morgan fingerprint density at radius 3 is 2.04 bits per heavy atom. The minimum atomic E-state index is -4.92. The quantitative estimate of drug-likeness (QED) is 0.621. The van der Waals surface area contributed by atoms with Crippen molar-refractivity contribution in [2.45, 2.75) is 25.2 Å². The standard InChI is InChI=1S/C17H16F6N2O2/c18-16(19,20)12-1-3-13(4-2-12)24-15(27)11-5-8-25(9-6-11)10-7-14(26)17(21,22)23/h1-4,7,10-11H,5-6,8-9H2,(H,24,27). The molecule has 1 aliphatic heterocycles. The Kier molecular flexibility index (Phi) is 6.17. The van der Waals surface area contributed by atoms with Crippen LogP contribution in [-0.4, -0.2) is 35.9 Å². The van der Waals surface area contributed by atoms with Crippen molar-refractivity contribution in [2.24, 2.45) is 5.92 Å². The fraction of sp³-hybridized carbons (Fsp3) is 0.412. The maximum atomic E-state index is 12.5. The zero-order chi connectivity index (χ0) is 20.2. The number of carbonyl (C=O) groups excluding carboxylic acids is 2. The molecule has 0 aromatic heterocycles. The van der Waals surface area contributed by atoms with Crippen LogP contribution in [0.1, 0.15) is 18.4 Å². The van der Waals surface area contributed by atoms with Crippen LogP contribution in [0.2, 0.25) is 0 Å². The first kappa shape index (κ1) is 20.8. The van der Waals surface area contributed by atoms with E-state index >= 15 is 0 Å². The summed E-state index contributed by atoms with van der Waals surface area (Å²) < 4.78 is 73.9. The summed E-state index contributed by atoms with van der Waals surface area (Å²) in [6.45, 7) is 0.569. The number of rotatable bonds is 4. The van der Waals surface area contributed by atoms with E-state index in [2.05, 4.69) is 5.32 Å². The first-order valence-electron chi connectivity index (χ1n) is 7.98. The lowest BCUT2D eigenvalue weighted by molar-refractivity contribution is -0.165. The first-order valence-corrected chi connectivity index (χ1v) is 7.98. The van der Waals surface area contributed by atoms with Gasteiger partial charge in [0.15, 0.2) is 0 Å². The number of benzene rings is 1. The first-order chi connectivity index (χ1) is 12.5. The number of allylic oxidation sites excluding steroid dienone is 1. The van der Waals surface area contributed by atoms with Crippen LogP contribution in [0.5, 0.6) is 0 Å². The zero-order valence-corrected chi connectivity index (χ0v) is 13.9. The average molecular weight is 394 g/mol. The van der Waals surface area contributed by atoms with Gasteiger partial charge in [0, 0.05) is 37.0 Å². The van der Waals surface area contributed by atoms with Crippen molar-refractivity contribution in [1.82, 2.24) is 4.90 Å². The van der Waals surface area contributed by atoms with Crippen LogP contribution >= 0.6 is 0 Å². The van der Waals surface area contributed by atoms with Crippen LogP contribution in [0.25, 0.3) is 0 Å². The predicted octanol–water partition coefficient (Wildman–Crippen LogP) is 4.00. The van der Waals surface area contributed by atoms with Crippen molar-refractivity contribution in [2.75, 3.05) is 18.4 Å². The molecule has 0 bridgehead atoms. The molecule has 1 fully saturated rings. The Balaban J connectivity index is 1.84. The number of piperidine rings is 1. The highest BCUT2D eigenvalue weighted by Gasteiger charge is 2.36. The Hall–Kier alpha value is -2.52. The Morgan fingerprint density at radius 2 is 1.56 bits per heavy atom. The summed E-state index contributed by atoms with van der Waals surface area (Å²) in [5.41, 5.74) is -0.597. The van der Waals surface area contributed by atoms with Gasteiger partial charge in [-0.25, -0.2) is 0 Å². The molecule has 1 amide bonds. The molecule has 0 atom stereocenters. The van der Waals surface area contributed by atoms with E-state index in [1.54, 1.807) is 0 Å². The van der Waals surface area contributed by atoms with Gasteiger partial charge in [-0.15, -0.1) is 0 Å². The Morgan fingerprint density at radius 1 is 1.00 bits per heavy atom. The molecular weight excluding hydrogens is 378 g/mol. The molecule has 0 radical (unpaired) electrons. The number of nitrogens with one attached hydrogen (secondary N) is 1. The van der Waals surface area contributed by atoms with Crippen molar-refractivity contribution in [3.8, 4) is 0 Å². The molecule has 10 heteroatoms. The van der Waals surface area contributed by atoms with Gasteiger partial charge in [0.2, 0.25) is 5.91 Å². The number of hydrogen-bond donors (Lipinski definition) is 1. The second-order valence-electron chi connectivity index (χ2n) is 6.05. The number of nitrogens with zero attached hydrogens (tertiary/aromatic N) is 1. The fourth-order valence-corrected chi connectivity index (χ4v) is 2.57. The van der Waals surface area contributed by atoms with E-state index < -0.39 is 29.6 Å². The molecule has 1 N–H and O–H groups in total. The van der Waals surface area contributed by atoms with Gasteiger partial charge in [0.05, 0.1) is 5.56 Å².